The van der Waals surface area contributed by atoms with Gasteiger partial charge in [0.2, 0.25) is 5.91 Å². The summed E-state index contributed by atoms with van der Waals surface area (Å²) in [6.07, 6.45) is 0.911. The van der Waals surface area contributed by atoms with Crippen molar-refractivity contribution in [2.75, 3.05) is 24.3 Å². The number of carbonyl (C=O) groups excluding carboxylic acids is 1. The highest BCUT2D eigenvalue weighted by molar-refractivity contribution is 9.09. The molecular weight excluding hydrogens is 280 g/mol. The van der Waals surface area contributed by atoms with Crippen LogP contribution in [-0.2, 0) is 4.79 Å². The maximum Gasteiger partial charge on any atom is 0.231 e. The first-order chi connectivity index (χ1) is 7.93. The van der Waals surface area contributed by atoms with Gasteiger partial charge < -0.3 is 10.2 Å². The summed E-state index contributed by atoms with van der Waals surface area (Å²) in [4.78, 5) is 14.3. The molecule has 17 heavy (non-hydrogen) atoms. The Morgan fingerprint density at radius 3 is 2.35 bits per heavy atom. The number of alkyl halides is 1. The Kier molecular flexibility index (Phi) is 3.17. The minimum atomic E-state index is -0.236. The molecule has 1 aliphatic carbocycles. The summed E-state index contributed by atoms with van der Waals surface area (Å²) >= 11 is 3.48. The molecule has 0 spiro atoms. The average Bonchev–Trinajstić information content (AvgIpc) is 2.89. The normalized spacial score (nSPS) is 26.5. The molecule has 4 heteroatoms. The van der Waals surface area contributed by atoms with Crippen LogP contribution in [-0.4, -0.2) is 24.8 Å². The lowest BCUT2D eigenvalue weighted by Crippen LogP contribution is -2.23. The van der Waals surface area contributed by atoms with Crippen molar-refractivity contribution in [1.82, 2.24) is 0 Å². The van der Waals surface area contributed by atoms with Gasteiger partial charge in [0.05, 0.1) is 5.41 Å². The van der Waals surface area contributed by atoms with Gasteiger partial charge in [0.15, 0.2) is 0 Å². The van der Waals surface area contributed by atoms with Crippen LogP contribution in [0.15, 0.2) is 24.3 Å². The quantitative estimate of drug-likeness (QED) is 0.870. The molecule has 0 radical (unpaired) electrons. The summed E-state index contributed by atoms with van der Waals surface area (Å²) in [5.74, 6) is 0.0944. The van der Waals surface area contributed by atoms with Crippen LogP contribution >= 0.6 is 15.9 Å². The number of nitrogens with zero attached hydrogens (tertiary/aromatic N) is 1. The van der Waals surface area contributed by atoms with E-state index in [0.29, 0.717) is 4.83 Å². The molecule has 1 saturated carbocycles. The maximum atomic E-state index is 12.0. The van der Waals surface area contributed by atoms with E-state index in [9.17, 15) is 4.79 Å². The summed E-state index contributed by atoms with van der Waals surface area (Å²) in [5, 5.41) is 2.95. The van der Waals surface area contributed by atoms with Crippen molar-refractivity contribution in [3.05, 3.63) is 24.3 Å². The predicted molar refractivity (Wildman–Crippen MR) is 74.8 cm³/mol. The van der Waals surface area contributed by atoms with E-state index in [4.69, 9.17) is 0 Å². The Balaban J connectivity index is 2.02. The molecule has 0 heterocycles. The van der Waals surface area contributed by atoms with Crippen LogP contribution in [0.4, 0.5) is 11.4 Å². The summed E-state index contributed by atoms with van der Waals surface area (Å²) in [6.45, 7) is 1.98. The number of hydrogen-bond acceptors (Lipinski definition) is 2. The monoisotopic (exact) mass is 296 g/mol. The highest BCUT2D eigenvalue weighted by Crippen LogP contribution is 2.51. The Morgan fingerprint density at radius 2 is 1.94 bits per heavy atom. The van der Waals surface area contributed by atoms with Crippen molar-refractivity contribution in [2.24, 2.45) is 5.41 Å². The number of hydrogen-bond donors (Lipinski definition) is 1. The van der Waals surface area contributed by atoms with Crippen LogP contribution in [0, 0.1) is 5.41 Å². The van der Waals surface area contributed by atoms with Gasteiger partial charge in [-0.05, 0) is 37.6 Å². The van der Waals surface area contributed by atoms with Crippen LogP contribution in [0.25, 0.3) is 0 Å². The molecule has 92 valence electrons. The molecule has 1 N–H and O–H groups in total. The topological polar surface area (TPSA) is 32.3 Å². The summed E-state index contributed by atoms with van der Waals surface area (Å²) in [5.41, 5.74) is 1.74. The Labute approximate surface area is 110 Å². The van der Waals surface area contributed by atoms with Crippen molar-refractivity contribution in [3.8, 4) is 0 Å². The second-order valence-corrected chi connectivity index (χ2v) is 6.09. The largest absolute Gasteiger partial charge is 0.378 e. The van der Waals surface area contributed by atoms with Crippen LogP contribution < -0.4 is 10.2 Å². The van der Waals surface area contributed by atoms with Crippen LogP contribution in [0.5, 0.6) is 0 Å². The van der Waals surface area contributed by atoms with Crippen LogP contribution in [0.1, 0.15) is 13.3 Å². The number of carbonyl (C=O) groups is 1. The number of nitrogens with one attached hydrogen (secondary N) is 1. The lowest BCUT2D eigenvalue weighted by molar-refractivity contribution is -0.120. The highest BCUT2D eigenvalue weighted by Gasteiger charge is 2.54. The molecule has 1 aromatic carbocycles. The Hall–Kier alpha value is -1.03. The third-order valence-corrected chi connectivity index (χ3v) is 4.63. The van der Waals surface area contributed by atoms with Gasteiger partial charge in [-0.15, -0.1) is 0 Å². The van der Waals surface area contributed by atoms with Gasteiger partial charge in [-0.1, -0.05) is 15.9 Å². The number of rotatable bonds is 3. The predicted octanol–water partition coefficient (Wildman–Crippen LogP) is 2.86. The molecule has 0 aromatic heterocycles. The first-order valence-electron chi connectivity index (χ1n) is 5.66. The molecule has 3 nitrogen and oxygen atoms in total. The van der Waals surface area contributed by atoms with E-state index in [-0.39, 0.29) is 11.3 Å². The second kappa shape index (κ2) is 4.33. The third-order valence-electron chi connectivity index (χ3n) is 3.29. The maximum absolute atomic E-state index is 12.0. The zero-order valence-electron chi connectivity index (χ0n) is 10.3. The highest BCUT2D eigenvalue weighted by atomic mass is 79.9. The van der Waals surface area contributed by atoms with Crippen molar-refractivity contribution >= 4 is 33.2 Å². The fourth-order valence-corrected chi connectivity index (χ4v) is 2.55. The molecule has 1 amide bonds. The second-order valence-electron chi connectivity index (χ2n) is 4.98. The average molecular weight is 297 g/mol. The lowest BCUT2D eigenvalue weighted by Gasteiger charge is -2.14. The number of benzene rings is 1. The molecule has 1 aliphatic rings. The van der Waals surface area contributed by atoms with Gasteiger partial charge in [0.1, 0.15) is 0 Å². The fraction of sp³-hybridized carbons (Fsp3) is 0.462. The van der Waals surface area contributed by atoms with Gasteiger partial charge >= 0.3 is 0 Å². The van der Waals surface area contributed by atoms with E-state index in [1.54, 1.807) is 0 Å². The minimum absolute atomic E-state index is 0.0944. The van der Waals surface area contributed by atoms with Crippen molar-refractivity contribution < 1.29 is 4.79 Å². The van der Waals surface area contributed by atoms with Crippen molar-refractivity contribution in [3.63, 3.8) is 0 Å². The first kappa shape index (κ1) is 12.4. The van der Waals surface area contributed by atoms with Crippen LogP contribution in [0.2, 0.25) is 0 Å². The molecular formula is C13H17BrN2O. The van der Waals surface area contributed by atoms with Crippen molar-refractivity contribution in [2.45, 2.75) is 18.2 Å². The Bertz CT molecular complexity index is 430. The fourth-order valence-electron chi connectivity index (χ4n) is 1.67. The molecule has 2 rings (SSSR count). The molecule has 2 unspecified atom stereocenters. The zero-order chi connectivity index (χ0) is 12.6. The van der Waals surface area contributed by atoms with Gasteiger partial charge in [-0.2, -0.15) is 0 Å². The summed E-state index contributed by atoms with van der Waals surface area (Å²) in [6, 6.07) is 7.86. The van der Waals surface area contributed by atoms with E-state index in [1.807, 2.05) is 50.2 Å². The van der Waals surface area contributed by atoms with Crippen LogP contribution in [0.3, 0.4) is 0 Å². The standard InChI is InChI=1S/C13H17BrN2O/c1-13(8-11(13)14)12(17)15-9-4-6-10(7-5-9)16(2)3/h4-7,11H,8H2,1-3H3,(H,15,17). The number of amides is 1. The van der Waals surface area contributed by atoms with Gasteiger partial charge in [-0.3, -0.25) is 4.79 Å². The summed E-state index contributed by atoms with van der Waals surface area (Å²) in [7, 11) is 3.99. The molecule has 1 fully saturated rings. The van der Waals surface area contributed by atoms with E-state index < -0.39 is 0 Å². The van der Waals surface area contributed by atoms with E-state index in [1.165, 1.54) is 0 Å². The van der Waals surface area contributed by atoms with Crippen molar-refractivity contribution in [1.29, 1.82) is 0 Å². The first-order valence-corrected chi connectivity index (χ1v) is 6.58. The van der Waals surface area contributed by atoms with E-state index in [2.05, 4.69) is 21.2 Å². The minimum Gasteiger partial charge on any atom is -0.378 e. The lowest BCUT2D eigenvalue weighted by atomic mass is 10.1. The third kappa shape index (κ3) is 2.46. The molecule has 0 aliphatic heterocycles. The van der Waals surface area contributed by atoms with E-state index >= 15 is 0 Å². The molecule has 1 aromatic rings. The smallest absolute Gasteiger partial charge is 0.231 e. The van der Waals surface area contributed by atoms with Gasteiger partial charge in [-0.25, -0.2) is 0 Å². The summed E-state index contributed by atoms with van der Waals surface area (Å²) < 4.78 is 0. The number of halogens is 1. The molecule has 0 saturated heterocycles. The SMILES string of the molecule is CN(C)c1ccc(NC(=O)C2(C)CC2Br)cc1. The molecule has 2 atom stereocenters. The number of anilines is 2. The Morgan fingerprint density at radius 1 is 1.41 bits per heavy atom. The molecule has 0 bridgehead atoms. The van der Waals surface area contributed by atoms with E-state index in [0.717, 1.165) is 17.8 Å². The van der Waals surface area contributed by atoms with Gasteiger partial charge in [0, 0.05) is 30.3 Å². The van der Waals surface area contributed by atoms with Gasteiger partial charge in [0.25, 0.3) is 0 Å². The zero-order valence-corrected chi connectivity index (χ0v) is 11.9.